The molecule has 0 saturated heterocycles. The smallest absolute Gasteiger partial charge is 0.129 e. The zero-order valence-electron chi connectivity index (χ0n) is 13.3. The number of hydrogen-bond acceptors (Lipinski definition) is 3. The molecule has 0 aliphatic heterocycles. The lowest BCUT2D eigenvalue weighted by Crippen LogP contribution is -2.34. The molecule has 1 aromatic rings. The van der Waals surface area contributed by atoms with E-state index in [1.54, 1.807) is 0 Å². The first-order valence-corrected chi connectivity index (χ1v) is 8.19. The molecule has 0 aromatic carbocycles. The Morgan fingerprint density at radius 2 is 2.00 bits per heavy atom. The lowest BCUT2D eigenvalue weighted by molar-refractivity contribution is 0.611. The number of rotatable bonds is 7. The van der Waals surface area contributed by atoms with Crippen molar-refractivity contribution in [2.24, 2.45) is 0 Å². The summed E-state index contributed by atoms with van der Waals surface area (Å²) in [6.45, 7) is 9.65. The van der Waals surface area contributed by atoms with E-state index in [2.05, 4.69) is 43.1 Å². The molecule has 0 bridgehead atoms. The third kappa shape index (κ3) is 3.95. The monoisotopic (exact) mass is 275 g/mol. The molecular formula is C17H29N3. The van der Waals surface area contributed by atoms with Crippen molar-refractivity contribution in [2.75, 3.05) is 18.0 Å². The molecule has 0 atom stereocenters. The molecule has 1 fully saturated rings. The van der Waals surface area contributed by atoms with Gasteiger partial charge < -0.3 is 10.2 Å². The van der Waals surface area contributed by atoms with Gasteiger partial charge in [0.2, 0.25) is 0 Å². The summed E-state index contributed by atoms with van der Waals surface area (Å²) in [4.78, 5) is 7.28. The molecule has 1 N–H and O–H groups in total. The Morgan fingerprint density at radius 1 is 1.25 bits per heavy atom. The fraction of sp³-hybridized carbons (Fsp3) is 0.706. The van der Waals surface area contributed by atoms with Gasteiger partial charge >= 0.3 is 0 Å². The van der Waals surface area contributed by atoms with Crippen LogP contribution >= 0.6 is 0 Å². The van der Waals surface area contributed by atoms with E-state index in [0.717, 1.165) is 25.3 Å². The number of hydrogen-bond donors (Lipinski definition) is 1. The number of nitrogens with zero attached hydrogens (tertiary/aromatic N) is 2. The van der Waals surface area contributed by atoms with Crippen molar-refractivity contribution >= 4 is 5.82 Å². The van der Waals surface area contributed by atoms with E-state index >= 15 is 0 Å². The molecule has 3 nitrogen and oxygen atoms in total. The van der Waals surface area contributed by atoms with Crippen LogP contribution in [0.2, 0.25) is 0 Å². The van der Waals surface area contributed by atoms with Crippen LogP contribution in [0.1, 0.15) is 57.2 Å². The maximum Gasteiger partial charge on any atom is 0.129 e. The van der Waals surface area contributed by atoms with Crippen molar-refractivity contribution in [3.05, 3.63) is 23.4 Å². The summed E-state index contributed by atoms with van der Waals surface area (Å²) in [5.41, 5.74) is 2.49. The van der Waals surface area contributed by atoms with Crippen molar-refractivity contribution in [3.63, 3.8) is 0 Å². The second-order valence-electron chi connectivity index (χ2n) is 5.88. The van der Waals surface area contributed by atoms with Crippen LogP contribution in [0.3, 0.4) is 0 Å². The molecule has 1 aliphatic rings. The lowest BCUT2D eigenvalue weighted by Gasteiger charge is -2.29. The summed E-state index contributed by atoms with van der Waals surface area (Å²) < 4.78 is 0. The van der Waals surface area contributed by atoms with Crippen molar-refractivity contribution < 1.29 is 0 Å². The van der Waals surface area contributed by atoms with Crippen molar-refractivity contribution in [3.8, 4) is 0 Å². The number of aromatic nitrogens is 1. The molecule has 112 valence electrons. The predicted octanol–water partition coefficient (Wildman–Crippen LogP) is 3.66. The second-order valence-corrected chi connectivity index (χ2v) is 5.88. The summed E-state index contributed by atoms with van der Waals surface area (Å²) in [5.74, 6) is 1.17. The number of anilines is 1. The van der Waals surface area contributed by atoms with Crippen molar-refractivity contribution in [1.29, 1.82) is 0 Å². The van der Waals surface area contributed by atoms with E-state index in [4.69, 9.17) is 4.98 Å². The van der Waals surface area contributed by atoms with Gasteiger partial charge in [-0.2, -0.15) is 0 Å². The lowest BCUT2D eigenvalue weighted by atomic mass is 10.1. The largest absolute Gasteiger partial charge is 0.354 e. The Labute approximate surface area is 123 Å². The number of nitrogens with one attached hydrogen (secondary N) is 1. The third-order valence-electron chi connectivity index (χ3n) is 4.16. The van der Waals surface area contributed by atoms with Gasteiger partial charge in [0.05, 0.1) is 0 Å². The highest BCUT2D eigenvalue weighted by atomic mass is 15.2. The molecule has 1 heterocycles. The van der Waals surface area contributed by atoms with Crippen LogP contribution in [0.5, 0.6) is 0 Å². The minimum Gasteiger partial charge on any atom is -0.354 e. The van der Waals surface area contributed by atoms with E-state index < -0.39 is 0 Å². The summed E-state index contributed by atoms with van der Waals surface area (Å²) in [7, 11) is 0. The van der Waals surface area contributed by atoms with Crippen LogP contribution in [0, 0.1) is 6.92 Å². The molecule has 1 aliphatic carbocycles. The van der Waals surface area contributed by atoms with E-state index in [1.165, 1.54) is 43.5 Å². The quantitative estimate of drug-likeness (QED) is 0.770. The number of pyridine rings is 1. The molecule has 0 amide bonds. The SMILES string of the molecule is CCCNCc1cc(C)nc(N(CC)C2CCCC2)c1. The fourth-order valence-electron chi connectivity index (χ4n) is 3.20. The first-order valence-electron chi connectivity index (χ1n) is 8.19. The molecular weight excluding hydrogens is 246 g/mol. The Hall–Kier alpha value is -1.09. The molecule has 20 heavy (non-hydrogen) atoms. The molecule has 1 aromatic heterocycles. The Kier molecular flexibility index (Phi) is 5.84. The Morgan fingerprint density at radius 3 is 2.65 bits per heavy atom. The normalized spacial score (nSPS) is 15.8. The fourth-order valence-corrected chi connectivity index (χ4v) is 3.20. The molecule has 3 heteroatoms. The standard InChI is InChI=1S/C17H29N3/c1-4-10-18-13-15-11-14(3)19-17(12-15)20(5-2)16-8-6-7-9-16/h11-12,16,18H,4-10,13H2,1-3H3. The van der Waals surface area contributed by atoms with Crippen molar-refractivity contribution in [2.45, 2.75) is 65.5 Å². The molecule has 0 unspecified atom stereocenters. The van der Waals surface area contributed by atoms with Gasteiger partial charge in [-0.3, -0.25) is 0 Å². The van der Waals surface area contributed by atoms with Gasteiger partial charge in [0.1, 0.15) is 5.82 Å². The summed E-state index contributed by atoms with van der Waals surface area (Å²) in [5, 5.41) is 3.49. The highest BCUT2D eigenvalue weighted by molar-refractivity contribution is 5.44. The van der Waals surface area contributed by atoms with E-state index in [-0.39, 0.29) is 0 Å². The van der Waals surface area contributed by atoms with Crippen LogP contribution in [0.25, 0.3) is 0 Å². The highest BCUT2D eigenvalue weighted by Crippen LogP contribution is 2.27. The minimum absolute atomic E-state index is 0.700. The van der Waals surface area contributed by atoms with Crippen molar-refractivity contribution in [1.82, 2.24) is 10.3 Å². The van der Waals surface area contributed by atoms with Gasteiger partial charge in [-0.05, 0) is 57.4 Å². The van der Waals surface area contributed by atoms with Gasteiger partial charge in [-0.15, -0.1) is 0 Å². The van der Waals surface area contributed by atoms with Gasteiger partial charge in [-0.1, -0.05) is 19.8 Å². The first-order chi connectivity index (χ1) is 9.74. The van der Waals surface area contributed by atoms with E-state index in [9.17, 15) is 0 Å². The Balaban J connectivity index is 2.12. The Bertz CT molecular complexity index is 411. The van der Waals surface area contributed by atoms with Gasteiger partial charge in [0.25, 0.3) is 0 Å². The number of aryl methyl sites for hydroxylation is 1. The molecule has 2 rings (SSSR count). The van der Waals surface area contributed by atoms with Crippen LogP contribution in [0.15, 0.2) is 12.1 Å². The summed E-state index contributed by atoms with van der Waals surface area (Å²) in [6, 6.07) is 5.18. The van der Waals surface area contributed by atoms with E-state index in [0.29, 0.717) is 6.04 Å². The summed E-state index contributed by atoms with van der Waals surface area (Å²) >= 11 is 0. The van der Waals surface area contributed by atoms with E-state index in [1.807, 2.05) is 0 Å². The third-order valence-corrected chi connectivity index (χ3v) is 4.16. The molecule has 1 saturated carbocycles. The molecule has 0 spiro atoms. The summed E-state index contributed by atoms with van der Waals surface area (Å²) in [6.07, 6.45) is 6.58. The topological polar surface area (TPSA) is 28.2 Å². The maximum atomic E-state index is 4.78. The van der Waals surface area contributed by atoms with Crippen LogP contribution in [-0.4, -0.2) is 24.1 Å². The zero-order chi connectivity index (χ0) is 14.4. The van der Waals surface area contributed by atoms with Gasteiger partial charge in [0, 0.05) is 24.8 Å². The average Bonchev–Trinajstić information content (AvgIpc) is 2.93. The highest BCUT2D eigenvalue weighted by Gasteiger charge is 2.22. The van der Waals surface area contributed by atoms with Crippen LogP contribution in [-0.2, 0) is 6.54 Å². The second kappa shape index (κ2) is 7.63. The minimum atomic E-state index is 0.700. The zero-order valence-corrected chi connectivity index (χ0v) is 13.3. The van der Waals surface area contributed by atoms with Crippen LogP contribution in [0.4, 0.5) is 5.82 Å². The molecule has 0 radical (unpaired) electrons. The van der Waals surface area contributed by atoms with Crippen LogP contribution < -0.4 is 10.2 Å². The predicted molar refractivity (Wildman–Crippen MR) is 86.2 cm³/mol. The average molecular weight is 275 g/mol. The van der Waals surface area contributed by atoms with Gasteiger partial charge in [0.15, 0.2) is 0 Å². The first kappa shape index (κ1) is 15.3. The van der Waals surface area contributed by atoms with Gasteiger partial charge in [-0.25, -0.2) is 4.98 Å². The maximum absolute atomic E-state index is 4.78.